The van der Waals surface area contributed by atoms with E-state index in [2.05, 4.69) is 31.0 Å². The van der Waals surface area contributed by atoms with Crippen LogP contribution in [-0.2, 0) is 23.1 Å². The maximum atomic E-state index is 5.39. The molecule has 1 fully saturated rings. The molecule has 4 nitrogen and oxygen atoms in total. The van der Waals surface area contributed by atoms with Crippen LogP contribution in [0.1, 0.15) is 36.3 Å². The van der Waals surface area contributed by atoms with Gasteiger partial charge in [-0.3, -0.25) is 4.90 Å². The Bertz CT molecular complexity index is 419. The van der Waals surface area contributed by atoms with Crippen molar-refractivity contribution in [3.63, 3.8) is 0 Å². The minimum Gasteiger partial charge on any atom is -0.379 e. The van der Waals surface area contributed by atoms with Crippen LogP contribution in [0.4, 0.5) is 0 Å². The highest BCUT2D eigenvalue weighted by Crippen LogP contribution is 2.29. The molecule has 2 heterocycles. The molecular weight excluding hydrogens is 270 g/mol. The average molecular weight is 297 g/mol. The zero-order valence-corrected chi connectivity index (χ0v) is 14.0. The van der Waals surface area contributed by atoms with Crippen LogP contribution < -0.4 is 5.32 Å². The quantitative estimate of drug-likeness (QED) is 0.902. The molecule has 5 heteroatoms. The fourth-order valence-electron chi connectivity index (χ4n) is 2.45. The van der Waals surface area contributed by atoms with E-state index in [1.54, 1.807) is 0 Å². The lowest BCUT2D eigenvalue weighted by Gasteiger charge is -2.26. The smallest absolute Gasteiger partial charge is 0.0944 e. The third kappa shape index (κ3) is 4.25. The van der Waals surface area contributed by atoms with Gasteiger partial charge < -0.3 is 10.1 Å². The molecule has 1 aliphatic rings. The largest absolute Gasteiger partial charge is 0.379 e. The summed E-state index contributed by atoms with van der Waals surface area (Å²) >= 11 is 1.87. The van der Waals surface area contributed by atoms with Gasteiger partial charge >= 0.3 is 0 Å². The van der Waals surface area contributed by atoms with Gasteiger partial charge in [-0.05, 0) is 7.05 Å². The summed E-state index contributed by atoms with van der Waals surface area (Å²) in [6, 6.07) is 0. The number of nitrogens with zero attached hydrogens (tertiary/aromatic N) is 2. The van der Waals surface area contributed by atoms with E-state index in [1.807, 2.05) is 18.4 Å². The number of hydrogen-bond acceptors (Lipinski definition) is 5. The van der Waals surface area contributed by atoms with Gasteiger partial charge in [0.1, 0.15) is 0 Å². The molecule has 2 rings (SSSR count). The van der Waals surface area contributed by atoms with E-state index in [-0.39, 0.29) is 5.41 Å². The fraction of sp³-hybridized carbons (Fsp3) is 0.800. The Balaban J connectivity index is 2.00. The third-order valence-electron chi connectivity index (χ3n) is 3.53. The number of morpholine rings is 1. The van der Waals surface area contributed by atoms with Gasteiger partial charge in [0.15, 0.2) is 0 Å². The second-order valence-corrected chi connectivity index (χ2v) is 7.53. The Morgan fingerprint density at radius 2 is 2.00 bits per heavy atom. The summed E-state index contributed by atoms with van der Waals surface area (Å²) in [4.78, 5) is 8.76. The first kappa shape index (κ1) is 15.9. The second-order valence-electron chi connectivity index (χ2n) is 6.36. The molecule has 1 aromatic heterocycles. The minimum absolute atomic E-state index is 0.125. The second kappa shape index (κ2) is 6.98. The maximum Gasteiger partial charge on any atom is 0.0944 e. The first-order valence-electron chi connectivity index (χ1n) is 7.44. The first-order valence-corrected chi connectivity index (χ1v) is 8.26. The van der Waals surface area contributed by atoms with Gasteiger partial charge in [-0.2, -0.15) is 0 Å². The molecule has 1 N–H and O–H groups in total. The van der Waals surface area contributed by atoms with Gasteiger partial charge in [-0.1, -0.05) is 20.8 Å². The normalized spacial score (nSPS) is 17.6. The van der Waals surface area contributed by atoms with E-state index in [0.29, 0.717) is 0 Å². The molecule has 0 atom stereocenters. The molecule has 0 unspecified atom stereocenters. The molecule has 0 saturated carbocycles. The Labute approximate surface area is 126 Å². The van der Waals surface area contributed by atoms with Crippen molar-refractivity contribution in [3.8, 4) is 0 Å². The average Bonchev–Trinajstić information content (AvgIpc) is 2.81. The minimum atomic E-state index is 0.125. The van der Waals surface area contributed by atoms with Gasteiger partial charge in [-0.25, -0.2) is 4.98 Å². The molecule has 20 heavy (non-hydrogen) atoms. The van der Waals surface area contributed by atoms with Gasteiger partial charge in [0.2, 0.25) is 0 Å². The highest BCUT2D eigenvalue weighted by molar-refractivity contribution is 7.11. The van der Waals surface area contributed by atoms with Crippen LogP contribution in [0.3, 0.4) is 0 Å². The van der Waals surface area contributed by atoms with E-state index >= 15 is 0 Å². The van der Waals surface area contributed by atoms with Crippen LogP contribution in [0, 0.1) is 0 Å². The van der Waals surface area contributed by atoms with Crippen molar-refractivity contribution in [2.75, 3.05) is 39.9 Å². The van der Waals surface area contributed by atoms with Crippen molar-refractivity contribution in [1.82, 2.24) is 15.2 Å². The molecule has 1 saturated heterocycles. The van der Waals surface area contributed by atoms with Crippen LogP contribution >= 0.6 is 11.3 Å². The molecule has 1 aromatic rings. The Morgan fingerprint density at radius 3 is 2.60 bits per heavy atom. The predicted octanol–water partition coefficient (Wildman–Crippen LogP) is 2.03. The van der Waals surface area contributed by atoms with Crippen LogP contribution in [-0.4, -0.2) is 49.8 Å². The lowest BCUT2D eigenvalue weighted by Crippen LogP contribution is -2.37. The summed E-state index contributed by atoms with van der Waals surface area (Å²) in [6.45, 7) is 12.6. The fourth-order valence-corrected chi connectivity index (χ4v) is 3.73. The molecule has 0 aromatic carbocycles. The zero-order chi connectivity index (χ0) is 14.6. The lowest BCUT2D eigenvalue weighted by atomic mass is 9.91. The van der Waals surface area contributed by atoms with Gasteiger partial charge in [0.25, 0.3) is 0 Å². The predicted molar refractivity (Wildman–Crippen MR) is 84.5 cm³/mol. The van der Waals surface area contributed by atoms with Gasteiger partial charge in [0.05, 0.1) is 23.9 Å². The molecule has 0 amide bonds. The van der Waals surface area contributed by atoms with Crippen LogP contribution in [0.5, 0.6) is 0 Å². The SMILES string of the molecule is CNCc1sc(CCN2CCOCC2)nc1C(C)(C)C. The zero-order valence-electron chi connectivity index (χ0n) is 13.2. The summed E-state index contributed by atoms with van der Waals surface area (Å²) in [6.07, 6.45) is 1.05. The van der Waals surface area contributed by atoms with Crippen molar-refractivity contribution >= 4 is 11.3 Å². The molecule has 0 radical (unpaired) electrons. The van der Waals surface area contributed by atoms with Crippen molar-refractivity contribution in [1.29, 1.82) is 0 Å². The Morgan fingerprint density at radius 1 is 1.30 bits per heavy atom. The third-order valence-corrected chi connectivity index (χ3v) is 4.65. The van der Waals surface area contributed by atoms with Crippen molar-refractivity contribution in [3.05, 3.63) is 15.6 Å². The van der Waals surface area contributed by atoms with Crippen LogP contribution in [0.2, 0.25) is 0 Å². The number of hydrogen-bond donors (Lipinski definition) is 1. The first-order chi connectivity index (χ1) is 9.50. The molecule has 114 valence electrons. The highest BCUT2D eigenvalue weighted by Gasteiger charge is 2.23. The Kier molecular flexibility index (Phi) is 5.55. The number of aromatic nitrogens is 1. The van der Waals surface area contributed by atoms with Crippen molar-refractivity contribution in [2.24, 2.45) is 0 Å². The molecular formula is C15H27N3OS. The molecule has 1 aliphatic heterocycles. The maximum absolute atomic E-state index is 5.39. The molecule has 0 spiro atoms. The van der Waals surface area contributed by atoms with Crippen LogP contribution in [0.15, 0.2) is 0 Å². The van der Waals surface area contributed by atoms with Crippen LogP contribution in [0.25, 0.3) is 0 Å². The standard InChI is InChI=1S/C15H27N3OS/c1-15(2,3)14-12(11-16-4)20-13(17-14)5-6-18-7-9-19-10-8-18/h16H,5-11H2,1-4H3. The van der Waals surface area contributed by atoms with E-state index in [1.165, 1.54) is 15.6 Å². The monoisotopic (exact) mass is 297 g/mol. The molecule has 0 aliphatic carbocycles. The van der Waals surface area contributed by atoms with Crippen molar-refractivity contribution in [2.45, 2.75) is 39.2 Å². The number of nitrogens with one attached hydrogen (secondary N) is 1. The van der Waals surface area contributed by atoms with Gasteiger partial charge in [0, 0.05) is 42.9 Å². The van der Waals surface area contributed by atoms with E-state index in [9.17, 15) is 0 Å². The summed E-state index contributed by atoms with van der Waals surface area (Å²) in [5.41, 5.74) is 1.38. The Hall–Kier alpha value is -0.490. The number of rotatable bonds is 5. The van der Waals surface area contributed by atoms with Crippen molar-refractivity contribution < 1.29 is 4.74 Å². The van der Waals surface area contributed by atoms with Gasteiger partial charge in [-0.15, -0.1) is 11.3 Å². The summed E-state index contributed by atoms with van der Waals surface area (Å²) < 4.78 is 5.39. The lowest BCUT2D eigenvalue weighted by molar-refractivity contribution is 0.0384. The summed E-state index contributed by atoms with van der Waals surface area (Å²) in [5.74, 6) is 0. The number of ether oxygens (including phenoxy) is 1. The highest BCUT2D eigenvalue weighted by atomic mass is 32.1. The topological polar surface area (TPSA) is 37.4 Å². The van der Waals surface area contributed by atoms with E-state index in [4.69, 9.17) is 9.72 Å². The van der Waals surface area contributed by atoms with E-state index in [0.717, 1.165) is 45.8 Å². The molecule has 0 bridgehead atoms. The summed E-state index contributed by atoms with van der Waals surface area (Å²) in [7, 11) is 2.00. The number of thiazole rings is 1. The van der Waals surface area contributed by atoms with E-state index < -0.39 is 0 Å². The summed E-state index contributed by atoms with van der Waals surface area (Å²) in [5, 5.41) is 4.53.